The highest BCUT2D eigenvalue weighted by molar-refractivity contribution is 6.16. The van der Waals surface area contributed by atoms with Gasteiger partial charge in [-0.05, 0) is 85.6 Å². The maximum Gasteiger partial charge on any atom is 0.240 e. The number of carbonyl (C=O) groups is 2. The highest BCUT2D eigenvalue weighted by Crippen LogP contribution is 2.47. The molecular formula is C28H20FN3O3. The molecule has 1 saturated carbocycles. The van der Waals surface area contributed by atoms with Crippen LogP contribution in [-0.2, 0) is 9.59 Å². The molecule has 172 valence electrons. The Kier molecular flexibility index (Phi) is 5.63. The second-order valence-electron chi connectivity index (χ2n) is 8.31. The lowest BCUT2D eigenvalue weighted by Crippen LogP contribution is -2.35. The summed E-state index contributed by atoms with van der Waals surface area (Å²) in [7, 11) is 0. The SMILES string of the molecule is C#Cc1ccc2c(Oc3ccc(NC(=O)C4(C(=O)Nc5ccc(F)cc5)CC4)cc3)ccnc2c1. The van der Waals surface area contributed by atoms with Crippen molar-refractivity contribution in [2.75, 3.05) is 10.6 Å². The number of rotatable bonds is 6. The lowest BCUT2D eigenvalue weighted by molar-refractivity contribution is -0.131. The number of hydrogen-bond acceptors (Lipinski definition) is 4. The van der Waals surface area contributed by atoms with Crippen LogP contribution in [0.1, 0.15) is 18.4 Å². The fourth-order valence-electron chi connectivity index (χ4n) is 3.75. The normalized spacial score (nSPS) is 13.5. The third kappa shape index (κ3) is 4.55. The summed E-state index contributed by atoms with van der Waals surface area (Å²) in [5.74, 6) is 2.62. The smallest absolute Gasteiger partial charge is 0.240 e. The van der Waals surface area contributed by atoms with E-state index in [1.807, 2.05) is 18.2 Å². The fourth-order valence-corrected chi connectivity index (χ4v) is 3.75. The van der Waals surface area contributed by atoms with E-state index in [1.54, 1.807) is 36.5 Å². The van der Waals surface area contributed by atoms with E-state index in [0.717, 1.165) is 16.5 Å². The summed E-state index contributed by atoms with van der Waals surface area (Å²) in [4.78, 5) is 29.9. The van der Waals surface area contributed by atoms with Crippen LogP contribution in [-0.4, -0.2) is 16.8 Å². The summed E-state index contributed by atoms with van der Waals surface area (Å²) in [6.45, 7) is 0. The molecule has 6 nitrogen and oxygen atoms in total. The average Bonchev–Trinajstić information content (AvgIpc) is 3.69. The predicted molar refractivity (Wildman–Crippen MR) is 132 cm³/mol. The fraction of sp³-hybridized carbons (Fsp3) is 0.107. The zero-order valence-corrected chi connectivity index (χ0v) is 18.5. The number of fused-ring (bicyclic) bond motifs is 1. The molecule has 35 heavy (non-hydrogen) atoms. The largest absolute Gasteiger partial charge is 0.457 e. The van der Waals surface area contributed by atoms with Gasteiger partial charge >= 0.3 is 0 Å². The van der Waals surface area contributed by atoms with Crippen LogP contribution in [0, 0.1) is 23.6 Å². The Morgan fingerprint density at radius 1 is 0.914 bits per heavy atom. The third-order valence-electron chi connectivity index (χ3n) is 5.93. The van der Waals surface area contributed by atoms with E-state index in [2.05, 4.69) is 21.5 Å². The Morgan fingerprint density at radius 2 is 1.54 bits per heavy atom. The summed E-state index contributed by atoms with van der Waals surface area (Å²) < 4.78 is 19.1. The molecule has 0 atom stereocenters. The zero-order chi connectivity index (χ0) is 24.4. The number of anilines is 2. The van der Waals surface area contributed by atoms with Gasteiger partial charge in [-0.1, -0.05) is 5.92 Å². The van der Waals surface area contributed by atoms with Crippen molar-refractivity contribution in [2.45, 2.75) is 12.8 Å². The molecule has 5 rings (SSSR count). The Labute approximate surface area is 201 Å². The second-order valence-corrected chi connectivity index (χ2v) is 8.31. The van der Waals surface area contributed by atoms with E-state index in [0.29, 0.717) is 35.7 Å². The minimum atomic E-state index is -1.13. The second kappa shape index (κ2) is 8.92. The molecule has 3 aromatic carbocycles. The van der Waals surface area contributed by atoms with Crippen LogP contribution in [0.5, 0.6) is 11.5 Å². The van der Waals surface area contributed by atoms with Crippen LogP contribution in [0.25, 0.3) is 10.9 Å². The molecule has 0 aliphatic heterocycles. The van der Waals surface area contributed by atoms with Gasteiger partial charge in [-0.15, -0.1) is 6.42 Å². The van der Waals surface area contributed by atoms with Crippen LogP contribution in [0.3, 0.4) is 0 Å². The summed E-state index contributed by atoms with van der Waals surface area (Å²) in [5.41, 5.74) is 1.33. The Balaban J connectivity index is 1.25. The molecule has 1 aromatic heterocycles. The number of aromatic nitrogens is 1. The van der Waals surface area contributed by atoms with Crippen LogP contribution in [0.4, 0.5) is 15.8 Å². The highest BCUT2D eigenvalue weighted by atomic mass is 19.1. The standard InChI is InChI=1S/C28H20FN3O3/c1-2-18-3-12-23-24(17-18)30-16-13-25(23)35-22-10-8-21(9-11-22)32-27(34)28(14-15-28)26(33)31-20-6-4-19(29)5-7-20/h1,3-13,16-17H,14-15H2,(H,31,33)(H,32,34). The average molecular weight is 465 g/mol. The van der Waals surface area contributed by atoms with Crippen molar-refractivity contribution in [3.8, 4) is 23.8 Å². The van der Waals surface area contributed by atoms with Gasteiger partial charge in [0.2, 0.25) is 11.8 Å². The van der Waals surface area contributed by atoms with E-state index >= 15 is 0 Å². The van der Waals surface area contributed by atoms with Crippen LogP contribution >= 0.6 is 0 Å². The molecule has 0 bridgehead atoms. The van der Waals surface area contributed by atoms with Crippen molar-refractivity contribution in [3.63, 3.8) is 0 Å². The molecule has 2 amide bonds. The van der Waals surface area contributed by atoms with Crippen molar-refractivity contribution in [2.24, 2.45) is 5.41 Å². The molecule has 1 aliphatic rings. The van der Waals surface area contributed by atoms with Crippen molar-refractivity contribution in [3.05, 3.63) is 90.4 Å². The third-order valence-corrected chi connectivity index (χ3v) is 5.93. The first kappa shape index (κ1) is 22.1. The minimum absolute atomic E-state index is 0.379. The van der Waals surface area contributed by atoms with Gasteiger partial charge in [0.1, 0.15) is 22.7 Å². The van der Waals surface area contributed by atoms with Gasteiger partial charge in [0, 0.05) is 28.5 Å². The van der Waals surface area contributed by atoms with E-state index in [-0.39, 0.29) is 5.91 Å². The molecule has 1 heterocycles. The molecule has 1 fully saturated rings. The molecule has 0 radical (unpaired) electrons. The van der Waals surface area contributed by atoms with E-state index in [1.165, 1.54) is 24.3 Å². The van der Waals surface area contributed by atoms with Crippen molar-refractivity contribution >= 4 is 34.1 Å². The van der Waals surface area contributed by atoms with Gasteiger partial charge in [-0.25, -0.2) is 4.39 Å². The number of nitrogens with zero attached hydrogens (tertiary/aromatic N) is 1. The van der Waals surface area contributed by atoms with Crippen molar-refractivity contribution < 1.29 is 18.7 Å². The number of terminal acetylenes is 1. The summed E-state index contributed by atoms with van der Waals surface area (Å²) in [5, 5.41) is 6.33. The maximum atomic E-state index is 13.1. The first-order chi connectivity index (χ1) is 17.0. The minimum Gasteiger partial charge on any atom is -0.457 e. The van der Waals surface area contributed by atoms with Crippen LogP contribution in [0.15, 0.2) is 79.0 Å². The summed E-state index contributed by atoms with van der Waals surface area (Å²) in [6.07, 6.45) is 8.01. The Hall–Kier alpha value is -4.70. The van der Waals surface area contributed by atoms with Gasteiger partial charge in [0.05, 0.1) is 5.52 Å². The van der Waals surface area contributed by atoms with Gasteiger partial charge < -0.3 is 15.4 Å². The first-order valence-corrected chi connectivity index (χ1v) is 11.0. The zero-order valence-electron chi connectivity index (χ0n) is 18.5. The van der Waals surface area contributed by atoms with Crippen LogP contribution in [0.2, 0.25) is 0 Å². The Morgan fingerprint density at radius 3 is 2.14 bits per heavy atom. The molecule has 0 saturated heterocycles. The van der Waals surface area contributed by atoms with Crippen molar-refractivity contribution in [1.29, 1.82) is 0 Å². The number of nitrogens with one attached hydrogen (secondary N) is 2. The van der Waals surface area contributed by atoms with E-state index < -0.39 is 17.1 Å². The van der Waals surface area contributed by atoms with Crippen molar-refractivity contribution in [1.82, 2.24) is 4.98 Å². The summed E-state index contributed by atoms with van der Waals surface area (Å²) in [6, 6.07) is 19.6. The maximum absolute atomic E-state index is 13.1. The molecule has 0 unspecified atom stereocenters. The molecule has 4 aromatic rings. The lowest BCUT2D eigenvalue weighted by atomic mass is 10.0. The van der Waals surface area contributed by atoms with Gasteiger partial charge in [0.15, 0.2) is 0 Å². The first-order valence-electron chi connectivity index (χ1n) is 11.0. The monoisotopic (exact) mass is 465 g/mol. The molecule has 1 aliphatic carbocycles. The van der Waals surface area contributed by atoms with Gasteiger partial charge in [-0.2, -0.15) is 0 Å². The summed E-state index contributed by atoms with van der Waals surface area (Å²) >= 11 is 0. The Bertz CT molecular complexity index is 1470. The highest BCUT2D eigenvalue weighted by Gasteiger charge is 2.56. The molecule has 7 heteroatoms. The van der Waals surface area contributed by atoms with Gasteiger partial charge in [-0.3, -0.25) is 14.6 Å². The number of hydrogen-bond donors (Lipinski definition) is 2. The van der Waals surface area contributed by atoms with Gasteiger partial charge in [0.25, 0.3) is 0 Å². The molecule has 2 N–H and O–H groups in total. The number of benzene rings is 3. The number of pyridine rings is 1. The van der Waals surface area contributed by atoms with E-state index in [4.69, 9.17) is 11.2 Å². The topological polar surface area (TPSA) is 80.3 Å². The number of ether oxygens (including phenoxy) is 1. The number of halogens is 1. The quantitative estimate of drug-likeness (QED) is 0.291. The predicted octanol–water partition coefficient (Wildman–Crippen LogP) is 5.50. The number of amides is 2. The number of carbonyl (C=O) groups excluding carboxylic acids is 2. The van der Waals surface area contributed by atoms with E-state index in [9.17, 15) is 14.0 Å². The molecule has 0 spiro atoms. The van der Waals surface area contributed by atoms with Crippen LogP contribution < -0.4 is 15.4 Å². The lowest BCUT2D eigenvalue weighted by Gasteiger charge is -2.16. The molecular weight excluding hydrogens is 445 g/mol.